The quantitative estimate of drug-likeness (QED) is 0.494. The molecule has 106 valence electrons. The van der Waals surface area contributed by atoms with Gasteiger partial charge in [0.1, 0.15) is 5.69 Å². The summed E-state index contributed by atoms with van der Waals surface area (Å²) in [6.07, 6.45) is 0. The van der Waals surface area contributed by atoms with Crippen LogP contribution in [0.5, 0.6) is 0 Å². The summed E-state index contributed by atoms with van der Waals surface area (Å²) in [6.45, 7) is 1.32. The first-order chi connectivity index (χ1) is 10.1. The molecule has 0 atom stereocenters. The number of nitrogens with zero attached hydrogens (tertiary/aromatic N) is 2. The van der Waals surface area contributed by atoms with Gasteiger partial charge in [0.05, 0.1) is 5.02 Å². The van der Waals surface area contributed by atoms with Gasteiger partial charge in [-0.2, -0.15) is 0 Å². The Morgan fingerprint density at radius 1 is 1.05 bits per heavy atom. The van der Waals surface area contributed by atoms with E-state index in [4.69, 9.17) is 11.6 Å². The molecule has 0 aliphatic rings. The standard InChI is InChI=1S/C16H13ClN2O2/c1-11(20)15(16(21)12-7-3-2-4-8-12)19-18-14-10-6-5-9-13(14)17/h2-10,21H,1H3. The molecule has 5 heteroatoms. The molecular weight excluding hydrogens is 288 g/mol. The van der Waals surface area contributed by atoms with Gasteiger partial charge in [0.2, 0.25) is 0 Å². The first kappa shape index (κ1) is 14.9. The van der Waals surface area contributed by atoms with Crippen molar-refractivity contribution in [2.24, 2.45) is 10.2 Å². The van der Waals surface area contributed by atoms with Gasteiger partial charge < -0.3 is 5.11 Å². The first-order valence-corrected chi connectivity index (χ1v) is 6.63. The molecule has 0 bridgehead atoms. The average Bonchev–Trinajstić information content (AvgIpc) is 2.49. The van der Waals surface area contributed by atoms with Gasteiger partial charge in [-0.3, -0.25) is 4.79 Å². The summed E-state index contributed by atoms with van der Waals surface area (Å²) < 4.78 is 0. The number of halogens is 1. The van der Waals surface area contributed by atoms with Crippen molar-refractivity contribution in [2.75, 3.05) is 0 Å². The molecule has 1 N–H and O–H groups in total. The van der Waals surface area contributed by atoms with Crippen molar-refractivity contribution in [2.45, 2.75) is 6.92 Å². The molecule has 0 heterocycles. The molecule has 0 spiro atoms. The zero-order chi connectivity index (χ0) is 15.2. The summed E-state index contributed by atoms with van der Waals surface area (Å²) in [4.78, 5) is 11.7. The van der Waals surface area contributed by atoms with Gasteiger partial charge in [0, 0.05) is 12.5 Å². The highest BCUT2D eigenvalue weighted by Gasteiger charge is 2.12. The zero-order valence-electron chi connectivity index (χ0n) is 11.3. The number of aliphatic hydroxyl groups is 1. The number of benzene rings is 2. The number of hydrogen-bond donors (Lipinski definition) is 1. The highest BCUT2D eigenvalue weighted by Crippen LogP contribution is 2.26. The van der Waals surface area contributed by atoms with Crippen LogP contribution in [0.3, 0.4) is 0 Å². The number of azo groups is 1. The second-order valence-electron chi connectivity index (χ2n) is 4.27. The minimum atomic E-state index is -0.382. The van der Waals surface area contributed by atoms with E-state index in [0.717, 1.165) is 0 Å². The van der Waals surface area contributed by atoms with Crippen LogP contribution in [0.15, 0.2) is 70.5 Å². The fraction of sp³-hybridized carbons (Fsp3) is 0.0625. The van der Waals surface area contributed by atoms with Gasteiger partial charge in [0.25, 0.3) is 0 Å². The normalized spacial score (nSPS) is 12.3. The summed E-state index contributed by atoms with van der Waals surface area (Å²) in [5.41, 5.74) is 0.820. The highest BCUT2D eigenvalue weighted by atomic mass is 35.5. The van der Waals surface area contributed by atoms with Crippen LogP contribution in [0, 0.1) is 0 Å². The molecule has 21 heavy (non-hydrogen) atoms. The lowest BCUT2D eigenvalue weighted by molar-refractivity contribution is -0.113. The van der Waals surface area contributed by atoms with Crippen molar-refractivity contribution in [3.05, 3.63) is 70.9 Å². The van der Waals surface area contributed by atoms with Crippen LogP contribution < -0.4 is 0 Å². The van der Waals surface area contributed by atoms with Crippen molar-refractivity contribution in [3.63, 3.8) is 0 Å². The van der Waals surface area contributed by atoms with E-state index in [2.05, 4.69) is 10.2 Å². The predicted octanol–water partition coefficient (Wildman–Crippen LogP) is 4.94. The zero-order valence-corrected chi connectivity index (χ0v) is 12.1. The maximum Gasteiger partial charge on any atom is 0.183 e. The number of hydrogen-bond acceptors (Lipinski definition) is 4. The summed E-state index contributed by atoms with van der Waals surface area (Å²) in [5, 5.41) is 18.4. The Morgan fingerprint density at radius 2 is 1.67 bits per heavy atom. The van der Waals surface area contributed by atoms with E-state index < -0.39 is 0 Å². The van der Waals surface area contributed by atoms with Gasteiger partial charge >= 0.3 is 0 Å². The van der Waals surface area contributed by atoms with E-state index in [-0.39, 0.29) is 17.2 Å². The Kier molecular flexibility index (Phi) is 4.85. The molecule has 4 nitrogen and oxygen atoms in total. The van der Waals surface area contributed by atoms with Crippen molar-refractivity contribution in [3.8, 4) is 0 Å². The van der Waals surface area contributed by atoms with Gasteiger partial charge in [0.15, 0.2) is 17.2 Å². The molecule has 0 fully saturated rings. The van der Waals surface area contributed by atoms with Crippen LogP contribution in [0.1, 0.15) is 12.5 Å². The van der Waals surface area contributed by atoms with Gasteiger partial charge in [-0.05, 0) is 12.1 Å². The number of ketones is 1. The topological polar surface area (TPSA) is 62.0 Å². The van der Waals surface area contributed by atoms with E-state index in [0.29, 0.717) is 16.3 Å². The van der Waals surface area contributed by atoms with E-state index in [1.807, 2.05) is 6.07 Å². The van der Waals surface area contributed by atoms with Gasteiger partial charge in [-0.1, -0.05) is 54.1 Å². The molecular formula is C16H13ClN2O2. The van der Waals surface area contributed by atoms with Crippen LogP contribution in [-0.2, 0) is 4.79 Å². The van der Waals surface area contributed by atoms with Crippen molar-refractivity contribution in [1.82, 2.24) is 0 Å². The van der Waals surface area contributed by atoms with Crippen molar-refractivity contribution >= 4 is 28.8 Å². The number of allylic oxidation sites excluding steroid dienone is 1. The van der Waals surface area contributed by atoms with Crippen molar-refractivity contribution in [1.29, 1.82) is 0 Å². The third-order valence-corrected chi connectivity index (χ3v) is 3.03. The molecule has 0 radical (unpaired) electrons. The second kappa shape index (κ2) is 6.81. The summed E-state index contributed by atoms with van der Waals surface area (Å²) in [6, 6.07) is 15.6. The molecule has 0 aliphatic carbocycles. The predicted molar refractivity (Wildman–Crippen MR) is 82.6 cm³/mol. The van der Waals surface area contributed by atoms with Crippen LogP contribution >= 0.6 is 11.6 Å². The minimum absolute atomic E-state index is 0.110. The average molecular weight is 301 g/mol. The molecule has 0 aromatic heterocycles. The number of carbonyl (C=O) groups excluding carboxylic acids is 1. The second-order valence-corrected chi connectivity index (χ2v) is 4.68. The molecule has 0 aliphatic heterocycles. The summed E-state index contributed by atoms with van der Waals surface area (Å²) in [5.74, 6) is -0.592. The van der Waals surface area contributed by atoms with E-state index in [1.54, 1.807) is 48.5 Å². The summed E-state index contributed by atoms with van der Waals surface area (Å²) >= 11 is 5.97. The van der Waals surface area contributed by atoms with Crippen molar-refractivity contribution < 1.29 is 9.90 Å². The number of rotatable bonds is 4. The summed E-state index contributed by atoms with van der Waals surface area (Å²) in [7, 11) is 0. The lowest BCUT2D eigenvalue weighted by Gasteiger charge is -2.03. The number of Topliss-reactive ketones (excluding diaryl/α,β-unsaturated/α-hetero) is 1. The van der Waals surface area contributed by atoms with Crippen LogP contribution in [0.25, 0.3) is 5.76 Å². The Hall–Kier alpha value is -2.46. The highest BCUT2D eigenvalue weighted by molar-refractivity contribution is 6.32. The maximum atomic E-state index is 11.7. The third-order valence-electron chi connectivity index (χ3n) is 2.72. The van der Waals surface area contributed by atoms with E-state index in [9.17, 15) is 9.90 Å². The molecule has 0 amide bonds. The molecule has 0 saturated carbocycles. The molecule has 0 unspecified atom stereocenters. The fourth-order valence-electron chi connectivity index (χ4n) is 1.65. The smallest absolute Gasteiger partial charge is 0.183 e. The van der Waals surface area contributed by atoms with Gasteiger partial charge in [-0.25, -0.2) is 0 Å². The van der Waals surface area contributed by atoms with Gasteiger partial charge in [-0.15, -0.1) is 10.2 Å². The van der Waals surface area contributed by atoms with Crippen LogP contribution in [0.2, 0.25) is 5.02 Å². The molecule has 0 saturated heterocycles. The lowest BCUT2D eigenvalue weighted by atomic mass is 10.1. The monoisotopic (exact) mass is 300 g/mol. The number of carbonyl (C=O) groups is 1. The lowest BCUT2D eigenvalue weighted by Crippen LogP contribution is -1.98. The Bertz CT molecular complexity index is 709. The van der Waals surface area contributed by atoms with Crippen LogP contribution in [-0.4, -0.2) is 10.9 Å². The SMILES string of the molecule is CC(=O)C(N=Nc1ccccc1Cl)=C(O)c1ccccc1. The molecule has 2 aromatic rings. The minimum Gasteiger partial charge on any atom is -0.505 e. The van der Waals surface area contributed by atoms with E-state index in [1.165, 1.54) is 6.92 Å². The Morgan fingerprint density at radius 3 is 2.29 bits per heavy atom. The molecule has 2 aromatic carbocycles. The third kappa shape index (κ3) is 3.77. The maximum absolute atomic E-state index is 11.7. The fourth-order valence-corrected chi connectivity index (χ4v) is 1.83. The Labute approximate surface area is 127 Å². The molecule has 2 rings (SSSR count). The van der Waals surface area contributed by atoms with E-state index >= 15 is 0 Å². The largest absolute Gasteiger partial charge is 0.505 e. The first-order valence-electron chi connectivity index (χ1n) is 6.25. The Balaban J connectivity index is 2.41. The number of aliphatic hydroxyl groups excluding tert-OH is 1. The van der Waals surface area contributed by atoms with Crippen LogP contribution in [0.4, 0.5) is 5.69 Å².